The van der Waals surface area contributed by atoms with E-state index in [9.17, 15) is 4.79 Å². The Hall–Kier alpha value is -2.03. The smallest absolute Gasteiger partial charge is 0.251 e. The van der Waals surface area contributed by atoms with E-state index in [1.165, 1.54) is 0 Å². The molecule has 27 heavy (non-hydrogen) atoms. The number of nitrogens with one attached hydrogen (secondary N) is 3. The number of nitrogens with zero attached hydrogens (tertiary/aromatic N) is 1. The number of aliphatic imine (C=N–C) groups is 1. The second-order valence-corrected chi connectivity index (χ2v) is 6.11. The van der Waals surface area contributed by atoms with E-state index in [0.29, 0.717) is 24.7 Å². The van der Waals surface area contributed by atoms with Crippen molar-refractivity contribution in [1.82, 2.24) is 16.0 Å². The summed E-state index contributed by atoms with van der Waals surface area (Å²) in [5.74, 6) is 1.39. The summed E-state index contributed by atoms with van der Waals surface area (Å²) in [5.41, 5.74) is 1.60. The molecule has 0 radical (unpaired) electrons. The van der Waals surface area contributed by atoms with Crippen LogP contribution in [-0.2, 0) is 13.1 Å². The summed E-state index contributed by atoms with van der Waals surface area (Å²) in [7, 11) is 0. The number of carbonyl (C=O) groups is 1. The third kappa shape index (κ3) is 8.03. The number of furan rings is 1. The Bertz CT molecular complexity index is 717. The minimum Gasteiger partial charge on any atom is -0.467 e. The Balaban J connectivity index is 0.00000364. The molecule has 2 aromatic rings. The van der Waals surface area contributed by atoms with Gasteiger partial charge in [0.15, 0.2) is 5.96 Å². The van der Waals surface area contributed by atoms with Gasteiger partial charge >= 0.3 is 0 Å². The molecule has 7 heteroatoms. The van der Waals surface area contributed by atoms with Crippen LogP contribution in [0.25, 0.3) is 0 Å². The number of carbonyl (C=O) groups excluding carboxylic acids is 1. The number of rotatable bonds is 8. The molecule has 1 amide bonds. The van der Waals surface area contributed by atoms with E-state index in [4.69, 9.17) is 4.42 Å². The highest BCUT2D eigenvalue weighted by atomic mass is 127. The maximum absolute atomic E-state index is 12.3. The van der Waals surface area contributed by atoms with Gasteiger partial charge in [0.05, 0.1) is 19.4 Å². The number of amides is 1. The predicted molar refractivity (Wildman–Crippen MR) is 119 cm³/mol. The molecular weight excluding hydrogens is 455 g/mol. The predicted octanol–water partition coefficient (Wildman–Crippen LogP) is 3.68. The number of guanidine groups is 1. The molecule has 0 saturated heterocycles. The highest BCUT2D eigenvalue weighted by molar-refractivity contribution is 14.0. The van der Waals surface area contributed by atoms with E-state index in [2.05, 4.69) is 34.8 Å². The van der Waals surface area contributed by atoms with Crippen LogP contribution < -0.4 is 16.0 Å². The van der Waals surface area contributed by atoms with E-state index < -0.39 is 0 Å². The van der Waals surface area contributed by atoms with Crippen LogP contribution in [0.1, 0.15) is 48.9 Å². The topological polar surface area (TPSA) is 78.7 Å². The van der Waals surface area contributed by atoms with Gasteiger partial charge in [-0.3, -0.25) is 4.79 Å². The summed E-state index contributed by atoms with van der Waals surface area (Å²) in [4.78, 5) is 16.9. The summed E-state index contributed by atoms with van der Waals surface area (Å²) < 4.78 is 5.23. The molecule has 0 bridgehead atoms. The lowest BCUT2D eigenvalue weighted by atomic mass is 10.1. The van der Waals surface area contributed by atoms with E-state index in [1.54, 1.807) is 18.4 Å². The highest BCUT2D eigenvalue weighted by Gasteiger charge is 2.07. The van der Waals surface area contributed by atoms with Crippen molar-refractivity contribution in [2.24, 2.45) is 4.99 Å². The van der Waals surface area contributed by atoms with Crippen molar-refractivity contribution in [2.45, 2.75) is 46.3 Å². The highest BCUT2D eigenvalue weighted by Crippen LogP contribution is 2.08. The molecule has 1 aromatic heterocycles. The summed E-state index contributed by atoms with van der Waals surface area (Å²) in [6, 6.07) is 11.5. The quantitative estimate of drug-likeness (QED) is 0.304. The lowest BCUT2D eigenvalue weighted by molar-refractivity contribution is 0.0948. The number of benzene rings is 1. The van der Waals surface area contributed by atoms with Gasteiger partial charge in [-0.05, 0) is 50.1 Å². The van der Waals surface area contributed by atoms with Crippen LogP contribution in [0.5, 0.6) is 0 Å². The standard InChI is InChI=1S/C20H28N4O2.HI/c1-4-15(3)24-20(21-5-2)23-13-16-8-6-9-17(12-16)19(25)22-14-18-10-7-11-26-18;/h6-12,15H,4-5,13-14H2,1-3H3,(H,22,25)(H2,21,23,24);1H. The van der Waals surface area contributed by atoms with Gasteiger partial charge in [0.2, 0.25) is 0 Å². The molecule has 0 fully saturated rings. The van der Waals surface area contributed by atoms with Crippen LogP contribution in [0.3, 0.4) is 0 Å². The molecular formula is C20H29IN4O2. The second kappa shape index (κ2) is 12.4. The SMILES string of the molecule is CCNC(=NCc1cccc(C(=O)NCc2ccco2)c1)NC(C)CC.I. The molecule has 0 aliphatic carbocycles. The first kappa shape index (κ1) is 23.0. The molecule has 0 spiro atoms. The summed E-state index contributed by atoms with van der Waals surface area (Å²) in [5, 5.41) is 9.46. The van der Waals surface area contributed by atoms with Crippen molar-refractivity contribution in [3.63, 3.8) is 0 Å². The van der Waals surface area contributed by atoms with Gasteiger partial charge < -0.3 is 20.4 Å². The van der Waals surface area contributed by atoms with Gasteiger partial charge in [0.25, 0.3) is 5.91 Å². The van der Waals surface area contributed by atoms with Crippen molar-refractivity contribution in [1.29, 1.82) is 0 Å². The Morgan fingerprint density at radius 3 is 2.67 bits per heavy atom. The fourth-order valence-corrected chi connectivity index (χ4v) is 2.32. The molecule has 1 unspecified atom stereocenters. The Kier molecular flexibility index (Phi) is 10.5. The van der Waals surface area contributed by atoms with Crippen molar-refractivity contribution in [3.8, 4) is 0 Å². The van der Waals surface area contributed by atoms with Gasteiger partial charge in [0.1, 0.15) is 5.76 Å². The molecule has 148 valence electrons. The van der Waals surface area contributed by atoms with Crippen molar-refractivity contribution in [3.05, 3.63) is 59.5 Å². The normalized spacial score (nSPS) is 12.0. The number of halogens is 1. The van der Waals surface area contributed by atoms with Crippen LogP contribution >= 0.6 is 24.0 Å². The van der Waals surface area contributed by atoms with Crippen molar-refractivity contribution in [2.75, 3.05) is 6.54 Å². The van der Waals surface area contributed by atoms with Crippen LogP contribution in [0.4, 0.5) is 0 Å². The largest absolute Gasteiger partial charge is 0.467 e. The number of hydrogen-bond donors (Lipinski definition) is 3. The van der Waals surface area contributed by atoms with Crippen LogP contribution in [0.2, 0.25) is 0 Å². The maximum Gasteiger partial charge on any atom is 0.251 e. The molecule has 1 atom stereocenters. The third-order valence-electron chi connectivity index (χ3n) is 3.95. The zero-order chi connectivity index (χ0) is 18.8. The van der Waals surface area contributed by atoms with Crippen LogP contribution in [0.15, 0.2) is 52.1 Å². The Labute approximate surface area is 178 Å². The number of hydrogen-bond acceptors (Lipinski definition) is 3. The summed E-state index contributed by atoms with van der Waals surface area (Å²) in [6.07, 6.45) is 2.62. The molecule has 1 aromatic carbocycles. The lowest BCUT2D eigenvalue weighted by Gasteiger charge is -2.16. The first-order valence-corrected chi connectivity index (χ1v) is 9.06. The van der Waals surface area contributed by atoms with Gasteiger partial charge in [-0.2, -0.15) is 0 Å². The first-order chi connectivity index (χ1) is 12.6. The Morgan fingerprint density at radius 1 is 1.19 bits per heavy atom. The van der Waals surface area contributed by atoms with Gasteiger partial charge in [-0.1, -0.05) is 19.1 Å². The second-order valence-electron chi connectivity index (χ2n) is 6.11. The Morgan fingerprint density at radius 2 is 2.00 bits per heavy atom. The van der Waals surface area contributed by atoms with E-state index in [0.717, 1.165) is 30.2 Å². The zero-order valence-electron chi connectivity index (χ0n) is 16.1. The maximum atomic E-state index is 12.3. The molecule has 2 rings (SSSR count). The molecule has 0 saturated carbocycles. The minimum absolute atomic E-state index is 0. The zero-order valence-corrected chi connectivity index (χ0v) is 18.4. The molecule has 1 heterocycles. The van der Waals surface area contributed by atoms with Gasteiger partial charge in [-0.25, -0.2) is 4.99 Å². The molecule has 6 nitrogen and oxygen atoms in total. The third-order valence-corrected chi connectivity index (χ3v) is 3.95. The van der Waals surface area contributed by atoms with Crippen molar-refractivity contribution < 1.29 is 9.21 Å². The first-order valence-electron chi connectivity index (χ1n) is 9.06. The van der Waals surface area contributed by atoms with Crippen LogP contribution in [0, 0.1) is 0 Å². The molecule has 0 aliphatic rings. The fraction of sp³-hybridized carbons (Fsp3) is 0.400. The molecule has 3 N–H and O–H groups in total. The van der Waals surface area contributed by atoms with E-state index >= 15 is 0 Å². The summed E-state index contributed by atoms with van der Waals surface area (Å²) >= 11 is 0. The van der Waals surface area contributed by atoms with Gasteiger partial charge in [0, 0.05) is 18.2 Å². The monoisotopic (exact) mass is 484 g/mol. The van der Waals surface area contributed by atoms with E-state index in [1.807, 2.05) is 31.2 Å². The van der Waals surface area contributed by atoms with Gasteiger partial charge in [-0.15, -0.1) is 24.0 Å². The fourth-order valence-electron chi connectivity index (χ4n) is 2.32. The molecule has 0 aliphatic heterocycles. The minimum atomic E-state index is -0.128. The average molecular weight is 484 g/mol. The van der Waals surface area contributed by atoms with Crippen molar-refractivity contribution >= 4 is 35.8 Å². The van der Waals surface area contributed by atoms with E-state index in [-0.39, 0.29) is 29.9 Å². The van der Waals surface area contributed by atoms with Crippen LogP contribution in [-0.4, -0.2) is 24.5 Å². The lowest BCUT2D eigenvalue weighted by Crippen LogP contribution is -2.41. The summed E-state index contributed by atoms with van der Waals surface area (Å²) in [6.45, 7) is 7.97. The average Bonchev–Trinajstić information content (AvgIpc) is 3.18.